The maximum Gasteiger partial charge on any atom is 0.253 e. The number of fused-ring (bicyclic) bond motifs is 1. The van der Waals surface area contributed by atoms with E-state index in [0.29, 0.717) is 36.6 Å². The Hall–Kier alpha value is -1.09. The van der Waals surface area contributed by atoms with Crippen molar-refractivity contribution in [2.75, 3.05) is 39.9 Å². The van der Waals surface area contributed by atoms with Gasteiger partial charge in [0.1, 0.15) is 8.42 Å². The third-order valence-corrected chi connectivity index (χ3v) is 8.95. The SMILES string of the molecule is CCN[C@H]1CN(CCC(=O)NCCOC)S(=O)(=O)c2sc(S(N)(=O)=O)cc21. The van der Waals surface area contributed by atoms with Crippen LogP contribution in [0.3, 0.4) is 0 Å². The third kappa shape index (κ3) is 5.25. The van der Waals surface area contributed by atoms with E-state index >= 15 is 0 Å². The Balaban J connectivity index is 2.24. The topological polar surface area (TPSA) is 148 Å². The largest absolute Gasteiger partial charge is 0.383 e. The number of hydrogen-bond donors (Lipinski definition) is 3. The molecular formula is C14H24N4O6S3. The van der Waals surface area contributed by atoms with Crippen molar-refractivity contribution < 1.29 is 26.4 Å². The van der Waals surface area contributed by atoms with Gasteiger partial charge in [-0.1, -0.05) is 6.92 Å². The van der Waals surface area contributed by atoms with E-state index in [9.17, 15) is 21.6 Å². The molecule has 1 amide bonds. The molecule has 1 aliphatic rings. The molecule has 0 aliphatic carbocycles. The van der Waals surface area contributed by atoms with E-state index in [1.807, 2.05) is 6.92 Å². The molecule has 0 radical (unpaired) electrons. The monoisotopic (exact) mass is 440 g/mol. The van der Waals surface area contributed by atoms with E-state index in [0.717, 1.165) is 0 Å². The summed E-state index contributed by atoms with van der Waals surface area (Å²) in [4.78, 5) is 11.9. The van der Waals surface area contributed by atoms with Gasteiger partial charge in [-0.05, 0) is 12.6 Å². The Morgan fingerprint density at radius 3 is 2.78 bits per heavy atom. The zero-order valence-electron chi connectivity index (χ0n) is 15.1. The minimum absolute atomic E-state index is 0.00884. The highest BCUT2D eigenvalue weighted by molar-refractivity contribution is 7.94. The number of likely N-dealkylation sites (N-methyl/N-ethyl adjacent to an activating group) is 1. The minimum Gasteiger partial charge on any atom is -0.383 e. The summed E-state index contributed by atoms with van der Waals surface area (Å²) < 4.78 is 54.9. The Kier molecular flexibility index (Phi) is 7.35. The number of methoxy groups -OCH3 is 1. The van der Waals surface area contributed by atoms with Crippen LogP contribution < -0.4 is 15.8 Å². The molecule has 2 rings (SSSR count). The van der Waals surface area contributed by atoms with E-state index < -0.39 is 20.0 Å². The van der Waals surface area contributed by atoms with Crippen molar-refractivity contribution in [3.63, 3.8) is 0 Å². The Morgan fingerprint density at radius 1 is 1.48 bits per heavy atom. The van der Waals surface area contributed by atoms with Crippen LogP contribution in [0.1, 0.15) is 24.9 Å². The van der Waals surface area contributed by atoms with Gasteiger partial charge in [0.25, 0.3) is 10.0 Å². The van der Waals surface area contributed by atoms with Gasteiger partial charge < -0.3 is 15.4 Å². The highest BCUT2D eigenvalue weighted by Crippen LogP contribution is 2.39. The lowest BCUT2D eigenvalue weighted by molar-refractivity contribution is -0.121. The molecule has 1 aliphatic heterocycles. The first-order chi connectivity index (χ1) is 12.6. The molecule has 0 aromatic carbocycles. The maximum atomic E-state index is 12.9. The van der Waals surface area contributed by atoms with Crippen LogP contribution in [0.2, 0.25) is 0 Å². The molecule has 1 aromatic heterocycles. The van der Waals surface area contributed by atoms with Crippen LogP contribution in [0.4, 0.5) is 0 Å². The number of nitrogens with two attached hydrogens (primary N) is 1. The second-order valence-corrected chi connectivity index (χ2v) is 10.9. The van der Waals surface area contributed by atoms with Gasteiger partial charge in [0, 0.05) is 44.8 Å². The zero-order chi connectivity index (χ0) is 20.2. The fourth-order valence-corrected chi connectivity index (χ4v) is 6.98. The lowest BCUT2D eigenvalue weighted by Gasteiger charge is -2.32. The predicted molar refractivity (Wildman–Crippen MR) is 100 cm³/mol. The summed E-state index contributed by atoms with van der Waals surface area (Å²) in [5.74, 6) is -0.288. The number of hydrogen-bond acceptors (Lipinski definition) is 8. The first kappa shape index (κ1) is 22.2. The molecule has 13 heteroatoms. The smallest absolute Gasteiger partial charge is 0.253 e. The number of primary sulfonamides is 1. The van der Waals surface area contributed by atoms with Crippen molar-refractivity contribution in [1.82, 2.24) is 14.9 Å². The second-order valence-electron chi connectivity index (χ2n) is 5.92. The van der Waals surface area contributed by atoms with Crippen molar-refractivity contribution in [2.24, 2.45) is 5.14 Å². The highest BCUT2D eigenvalue weighted by atomic mass is 32.3. The first-order valence-electron chi connectivity index (χ1n) is 8.27. The molecule has 4 N–H and O–H groups in total. The number of nitrogens with one attached hydrogen (secondary N) is 2. The lowest BCUT2D eigenvalue weighted by Crippen LogP contribution is -2.44. The van der Waals surface area contributed by atoms with Crippen LogP contribution in [0.25, 0.3) is 0 Å². The molecule has 27 heavy (non-hydrogen) atoms. The van der Waals surface area contributed by atoms with Gasteiger partial charge in [0.05, 0.1) is 6.61 Å². The summed E-state index contributed by atoms with van der Waals surface area (Å²) in [6.45, 7) is 3.24. The van der Waals surface area contributed by atoms with Gasteiger partial charge in [0.15, 0.2) is 0 Å². The fraction of sp³-hybridized carbons (Fsp3) is 0.643. The summed E-state index contributed by atoms with van der Waals surface area (Å²) in [6.07, 6.45) is -0.00938. The van der Waals surface area contributed by atoms with Crippen molar-refractivity contribution >= 4 is 37.3 Å². The van der Waals surface area contributed by atoms with Gasteiger partial charge >= 0.3 is 0 Å². The van der Waals surface area contributed by atoms with Crippen LogP contribution in [-0.4, -0.2) is 66.9 Å². The third-order valence-electron chi connectivity index (χ3n) is 3.99. The average Bonchev–Trinajstić information content (AvgIpc) is 3.04. The molecule has 0 saturated heterocycles. The molecule has 1 aromatic rings. The number of carbonyl (C=O) groups excluding carboxylic acids is 1. The van der Waals surface area contributed by atoms with Crippen molar-refractivity contribution in [3.05, 3.63) is 11.6 Å². The van der Waals surface area contributed by atoms with Gasteiger partial charge in [-0.2, -0.15) is 4.31 Å². The van der Waals surface area contributed by atoms with E-state index in [-0.39, 0.29) is 39.9 Å². The number of rotatable bonds is 9. The normalized spacial score (nSPS) is 19.6. The molecule has 154 valence electrons. The van der Waals surface area contributed by atoms with Gasteiger partial charge in [-0.15, -0.1) is 11.3 Å². The van der Waals surface area contributed by atoms with Crippen molar-refractivity contribution in [1.29, 1.82) is 0 Å². The van der Waals surface area contributed by atoms with E-state index in [2.05, 4.69) is 10.6 Å². The highest BCUT2D eigenvalue weighted by Gasteiger charge is 2.39. The summed E-state index contributed by atoms with van der Waals surface area (Å²) in [7, 11) is -6.40. The molecular weight excluding hydrogens is 416 g/mol. The maximum absolute atomic E-state index is 12.9. The minimum atomic E-state index is -4.01. The molecule has 0 saturated carbocycles. The van der Waals surface area contributed by atoms with Gasteiger partial charge in [-0.25, -0.2) is 22.0 Å². The molecule has 0 spiro atoms. The molecule has 0 fully saturated rings. The number of amides is 1. The lowest BCUT2D eigenvalue weighted by atomic mass is 10.1. The summed E-state index contributed by atoms with van der Waals surface area (Å²) in [6, 6.07) is 0.937. The van der Waals surface area contributed by atoms with Crippen molar-refractivity contribution in [2.45, 2.75) is 27.8 Å². The van der Waals surface area contributed by atoms with Crippen LogP contribution in [0, 0.1) is 0 Å². The predicted octanol–water partition coefficient (Wildman–Crippen LogP) is -0.797. The zero-order valence-corrected chi connectivity index (χ0v) is 17.5. The van der Waals surface area contributed by atoms with E-state index in [1.54, 1.807) is 0 Å². The molecule has 2 heterocycles. The molecule has 0 unspecified atom stereocenters. The van der Waals surface area contributed by atoms with Crippen LogP contribution in [0.15, 0.2) is 14.5 Å². The molecule has 1 atom stereocenters. The fourth-order valence-electron chi connectivity index (χ4n) is 2.71. The average molecular weight is 441 g/mol. The number of thiophene rings is 1. The number of ether oxygens (including phenoxy) is 1. The van der Waals surface area contributed by atoms with E-state index in [4.69, 9.17) is 9.88 Å². The van der Waals surface area contributed by atoms with Gasteiger partial charge in [0.2, 0.25) is 15.9 Å². The van der Waals surface area contributed by atoms with Crippen molar-refractivity contribution in [3.8, 4) is 0 Å². The Labute approximate surface area is 163 Å². The summed E-state index contributed by atoms with van der Waals surface area (Å²) in [5, 5.41) is 10.9. The standard InChI is InChI=1S/C14H24N4O6S3/c1-3-16-11-9-18(6-4-12(19)17-5-7-24-2)27(22,23)14-10(11)8-13(25-14)26(15,20)21/h8,11,16H,3-7,9H2,1-2H3,(H,17,19)(H2,15,20,21)/t11-/m0/s1. The molecule has 10 nitrogen and oxygen atoms in total. The summed E-state index contributed by atoms with van der Waals surface area (Å²) >= 11 is 0.634. The van der Waals surface area contributed by atoms with Crippen LogP contribution >= 0.6 is 11.3 Å². The quantitative estimate of drug-likeness (QED) is 0.426. The second kappa shape index (κ2) is 8.94. The van der Waals surface area contributed by atoms with Gasteiger partial charge in [-0.3, -0.25) is 4.79 Å². The number of carbonyl (C=O) groups is 1. The first-order valence-corrected chi connectivity index (χ1v) is 12.1. The Morgan fingerprint density at radius 2 is 2.19 bits per heavy atom. The molecule has 0 bridgehead atoms. The number of sulfonamides is 2. The van der Waals surface area contributed by atoms with E-state index in [1.165, 1.54) is 17.5 Å². The summed E-state index contributed by atoms with van der Waals surface area (Å²) in [5.41, 5.74) is 0.395. The Bertz CT molecular complexity index is 881. The van der Waals surface area contributed by atoms with Crippen LogP contribution in [-0.2, 0) is 29.6 Å². The van der Waals surface area contributed by atoms with Crippen LogP contribution in [0.5, 0.6) is 0 Å². The number of nitrogens with zero attached hydrogens (tertiary/aromatic N) is 1.